The smallest absolute Gasteiger partial charge is 0.254 e. The molecule has 0 saturated heterocycles. The number of aromatic nitrogens is 1. The Balaban J connectivity index is 2.28. The highest BCUT2D eigenvalue weighted by atomic mass is 16.5. The number of carbonyl (C=O) groups excluding carboxylic acids is 1. The van der Waals surface area contributed by atoms with Gasteiger partial charge >= 0.3 is 0 Å². The molecule has 0 aromatic carbocycles. The van der Waals surface area contributed by atoms with Crippen LogP contribution in [0.3, 0.4) is 0 Å². The van der Waals surface area contributed by atoms with Gasteiger partial charge < -0.3 is 14.1 Å². The van der Waals surface area contributed by atoms with Crippen molar-refractivity contribution < 1.29 is 14.1 Å². The van der Waals surface area contributed by atoms with E-state index in [4.69, 9.17) is 9.26 Å². The van der Waals surface area contributed by atoms with Gasteiger partial charge in [-0.15, -0.1) is 0 Å². The van der Waals surface area contributed by atoms with E-state index in [2.05, 4.69) is 5.16 Å². The molecule has 0 N–H and O–H groups in total. The minimum absolute atomic E-state index is 0.385. The van der Waals surface area contributed by atoms with Crippen LogP contribution in [0.4, 0.5) is 0 Å². The molecule has 0 bridgehead atoms. The number of rotatable bonds is 3. The van der Waals surface area contributed by atoms with Gasteiger partial charge in [0.25, 0.3) is 5.88 Å². The topological polar surface area (TPSA) is 52.3 Å². The molecule has 0 amide bonds. The summed E-state index contributed by atoms with van der Waals surface area (Å²) in [6.45, 7) is 0. The Hall–Kier alpha value is -1.32. The van der Waals surface area contributed by atoms with E-state index in [1.54, 1.807) is 6.07 Å². The molecule has 0 unspecified atom stereocenters. The standard InChI is InChI=1S/C8H9NO3/c1-11-7-4-6(12-9-7)8(5-10)2-3-8/h4-5H,2-3H2,1H3. The zero-order chi connectivity index (χ0) is 8.60. The van der Waals surface area contributed by atoms with Crippen LogP contribution in [0.15, 0.2) is 10.6 Å². The molecule has 64 valence electrons. The van der Waals surface area contributed by atoms with Crippen molar-refractivity contribution in [3.63, 3.8) is 0 Å². The Morgan fingerprint density at radius 2 is 2.50 bits per heavy atom. The molecule has 1 fully saturated rings. The molecule has 1 aliphatic rings. The van der Waals surface area contributed by atoms with Gasteiger partial charge in [-0.2, -0.15) is 0 Å². The molecule has 12 heavy (non-hydrogen) atoms. The van der Waals surface area contributed by atoms with Gasteiger partial charge in [-0.1, -0.05) is 0 Å². The largest absolute Gasteiger partial charge is 0.479 e. The van der Waals surface area contributed by atoms with E-state index in [1.807, 2.05) is 0 Å². The van der Waals surface area contributed by atoms with Crippen molar-refractivity contribution >= 4 is 6.29 Å². The molecule has 0 aliphatic heterocycles. The summed E-state index contributed by atoms with van der Waals surface area (Å²) in [6, 6.07) is 1.67. The van der Waals surface area contributed by atoms with Crippen LogP contribution in [-0.4, -0.2) is 18.6 Å². The lowest BCUT2D eigenvalue weighted by molar-refractivity contribution is -0.110. The lowest BCUT2D eigenvalue weighted by Gasteiger charge is -1.96. The molecule has 4 heteroatoms. The number of carbonyl (C=O) groups is 1. The minimum atomic E-state index is -0.385. The van der Waals surface area contributed by atoms with E-state index in [-0.39, 0.29) is 5.41 Å². The van der Waals surface area contributed by atoms with E-state index in [0.717, 1.165) is 19.1 Å². The molecule has 1 aromatic rings. The first-order valence-corrected chi connectivity index (χ1v) is 3.78. The third-order valence-electron chi connectivity index (χ3n) is 2.20. The Kier molecular flexibility index (Phi) is 1.43. The summed E-state index contributed by atoms with van der Waals surface area (Å²) in [5, 5.41) is 3.63. The Morgan fingerprint density at radius 3 is 2.92 bits per heavy atom. The monoisotopic (exact) mass is 167 g/mol. The van der Waals surface area contributed by atoms with E-state index in [0.29, 0.717) is 11.6 Å². The summed E-state index contributed by atoms with van der Waals surface area (Å²) < 4.78 is 9.81. The molecule has 1 heterocycles. The Labute approximate surface area is 69.5 Å². The van der Waals surface area contributed by atoms with Crippen LogP contribution < -0.4 is 4.74 Å². The third kappa shape index (κ3) is 0.913. The number of ether oxygens (including phenoxy) is 1. The second-order valence-corrected chi connectivity index (χ2v) is 3.01. The molecule has 4 nitrogen and oxygen atoms in total. The second-order valence-electron chi connectivity index (χ2n) is 3.01. The molecule has 1 aliphatic carbocycles. The van der Waals surface area contributed by atoms with Crippen molar-refractivity contribution in [2.45, 2.75) is 18.3 Å². The fraction of sp³-hybridized carbons (Fsp3) is 0.500. The first kappa shape index (κ1) is 7.34. The van der Waals surface area contributed by atoms with Gasteiger partial charge in [-0.3, -0.25) is 0 Å². The van der Waals surface area contributed by atoms with Gasteiger partial charge in [0, 0.05) is 6.07 Å². The normalized spacial score (nSPS) is 18.8. The van der Waals surface area contributed by atoms with Crippen molar-refractivity contribution in [1.82, 2.24) is 5.16 Å². The van der Waals surface area contributed by atoms with Crippen molar-refractivity contribution in [3.05, 3.63) is 11.8 Å². The zero-order valence-corrected chi connectivity index (χ0v) is 6.74. The molecular formula is C8H9NO3. The van der Waals surface area contributed by atoms with Crippen LogP contribution in [0.5, 0.6) is 5.88 Å². The van der Waals surface area contributed by atoms with Crippen molar-refractivity contribution in [3.8, 4) is 5.88 Å². The second kappa shape index (κ2) is 2.33. The van der Waals surface area contributed by atoms with E-state index < -0.39 is 0 Å². The average molecular weight is 167 g/mol. The van der Waals surface area contributed by atoms with Crippen LogP contribution >= 0.6 is 0 Å². The van der Waals surface area contributed by atoms with Crippen molar-refractivity contribution in [1.29, 1.82) is 0 Å². The number of nitrogens with zero attached hydrogens (tertiary/aromatic N) is 1. The first-order chi connectivity index (χ1) is 5.80. The number of methoxy groups -OCH3 is 1. The summed E-state index contributed by atoms with van der Waals surface area (Å²) in [6.07, 6.45) is 2.64. The van der Waals surface area contributed by atoms with E-state index in [1.165, 1.54) is 7.11 Å². The molecule has 2 rings (SSSR count). The summed E-state index contributed by atoms with van der Waals surface area (Å²) in [5.74, 6) is 1.05. The highest BCUT2D eigenvalue weighted by Crippen LogP contribution is 2.46. The first-order valence-electron chi connectivity index (χ1n) is 3.78. The summed E-state index contributed by atoms with van der Waals surface area (Å²) in [5.41, 5.74) is -0.385. The fourth-order valence-electron chi connectivity index (χ4n) is 1.15. The third-order valence-corrected chi connectivity index (χ3v) is 2.20. The van der Waals surface area contributed by atoms with Crippen LogP contribution in [0.1, 0.15) is 18.6 Å². The quantitative estimate of drug-likeness (QED) is 0.628. The van der Waals surface area contributed by atoms with Gasteiger partial charge in [0.05, 0.1) is 12.5 Å². The highest BCUT2D eigenvalue weighted by Gasteiger charge is 2.48. The lowest BCUT2D eigenvalue weighted by atomic mass is 10.1. The van der Waals surface area contributed by atoms with Crippen molar-refractivity contribution in [2.24, 2.45) is 0 Å². The van der Waals surface area contributed by atoms with Crippen LogP contribution in [0.25, 0.3) is 0 Å². The van der Waals surface area contributed by atoms with Gasteiger partial charge in [0.15, 0.2) is 5.76 Å². The molecule has 0 radical (unpaired) electrons. The van der Waals surface area contributed by atoms with Crippen LogP contribution in [0.2, 0.25) is 0 Å². The van der Waals surface area contributed by atoms with Gasteiger partial charge in [0.2, 0.25) is 0 Å². The Bertz CT molecular complexity index is 301. The van der Waals surface area contributed by atoms with Crippen LogP contribution in [0, 0.1) is 0 Å². The number of hydrogen-bond acceptors (Lipinski definition) is 4. The SMILES string of the molecule is COc1cc(C2(C=O)CC2)on1. The maximum atomic E-state index is 10.7. The van der Waals surface area contributed by atoms with E-state index >= 15 is 0 Å². The van der Waals surface area contributed by atoms with Gasteiger partial charge in [0.1, 0.15) is 6.29 Å². The van der Waals surface area contributed by atoms with E-state index in [9.17, 15) is 4.79 Å². The average Bonchev–Trinajstić information content (AvgIpc) is 2.77. The van der Waals surface area contributed by atoms with Gasteiger partial charge in [-0.05, 0) is 18.0 Å². The molecule has 0 atom stereocenters. The predicted molar refractivity (Wildman–Crippen MR) is 40.0 cm³/mol. The van der Waals surface area contributed by atoms with Gasteiger partial charge in [-0.25, -0.2) is 0 Å². The number of hydrogen-bond donors (Lipinski definition) is 0. The van der Waals surface area contributed by atoms with Crippen LogP contribution in [-0.2, 0) is 10.2 Å². The molecule has 0 spiro atoms. The Morgan fingerprint density at radius 1 is 1.75 bits per heavy atom. The summed E-state index contributed by atoms with van der Waals surface area (Å²) >= 11 is 0. The maximum absolute atomic E-state index is 10.7. The number of aldehydes is 1. The zero-order valence-electron chi connectivity index (χ0n) is 6.74. The molecular weight excluding hydrogens is 158 g/mol. The fourth-order valence-corrected chi connectivity index (χ4v) is 1.15. The molecule has 1 aromatic heterocycles. The summed E-state index contributed by atoms with van der Waals surface area (Å²) in [7, 11) is 1.52. The minimum Gasteiger partial charge on any atom is -0.479 e. The lowest BCUT2D eigenvalue weighted by Crippen LogP contribution is -2.05. The summed E-state index contributed by atoms with van der Waals surface area (Å²) in [4.78, 5) is 10.7. The van der Waals surface area contributed by atoms with Crippen molar-refractivity contribution in [2.75, 3.05) is 7.11 Å². The predicted octanol–water partition coefficient (Wildman–Crippen LogP) is 0.914. The maximum Gasteiger partial charge on any atom is 0.254 e. The molecule has 1 saturated carbocycles. The highest BCUT2D eigenvalue weighted by molar-refractivity contribution is 5.71.